The number of nitrogens with one attached hydrogen (secondary N) is 2. The van der Waals surface area contributed by atoms with Crippen LogP contribution in [0.1, 0.15) is 25.3 Å². The highest BCUT2D eigenvalue weighted by molar-refractivity contribution is 5.92. The average molecular weight is 312 g/mol. The largest absolute Gasteiger partial charge is 0.325 e. The monoisotopic (exact) mass is 311 g/mol. The molecule has 0 aliphatic carbocycles. The van der Waals surface area contributed by atoms with Crippen LogP contribution >= 0.6 is 12.4 Å². The van der Waals surface area contributed by atoms with E-state index < -0.39 is 0 Å². The number of amides is 1. The fourth-order valence-corrected chi connectivity index (χ4v) is 2.74. The molecule has 2 N–H and O–H groups in total. The molecule has 1 heterocycles. The Labute approximate surface area is 133 Å². The first-order chi connectivity index (χ1) is 9.69. The summed E-state index contributed by atoms with van der Waals surface area (Å²) in [4.78, 5) is 14.5. The molecular formula is C16H26ClN3O. The fraction of sp³-hybridized carbons (Fsp3) is 0.562. The van der Waals surface area contributed by atoms with Crippen molar-refractivity contribution in [1.29, 1.82) is 0 Å². The number of rotatable bonds is 6. The Morgan fingerprint density at radius 2 is 2.29 bits per heavy atom. The lowest BCUT2D eigenvalue weighted by atomic mass is 10.2. The van der Waals surface area contributed by atoms with Crippen LogP contribution in [-0.4, -0.2) is 43.0 Å². The molecule has 1 atom stereocenters. The minimum absolute atomic E-state index is 0. The van der Waals surface area contributed by atoms with Gasteiger partial charge in [0.25, 0.3) is 0 Å². The zero-order valence-corrected chi connectivity index (χ0v) is 13.7. The van der Waals surface area contributed by atoms with Gasteiger partial charge in [-0.15, -0.1) is 12.4 Å². The van der Waals surface area contributed by atoms with Crippen LogP contribution in [0.4, 0.5) is 5.69 Å². The SMILES string of the molecule is CCCN(CC(=O)Nc1cccc(C)c1)C1CCNC1.Cl. The maximum Gasteiger partial charge on any atom is 0.238 e. The second kappa shape index (κ2) is 9.03. The number of halogens is 1. The minimum atomic E-state index is 0. The highest BCUT2D eigenvalue weighted by Crippen LogP contribution is 2.12. The molecular weight excluding hydrogens is 286 g/mol. The van der Waals surface area contributed by atoms with Crippen molar-refractivity contribution < 1.29 is 4.79 Å². The topological polar surface area (TPSA) is 44.4 Å². The Kier molecular flexibility index (Phi) is 7.72. The Hall–Kier alpha value is -1.10. The molecule has 1 amide bonds. The first-order valence-corrected chi connectivity index (χ1v) is 7.50. The highest BCUT2D eigenvalue weighted by atomic mass is 35.5. The van der Waals surface area contributed by atoms with Crippen molar-refractivity contribution in [2.75, 3.05) is 31.5 Å². The number of hydrogen-bond acceptors (Lipinski definition) is 3. The molecule has 0 spiro atoms. The van der Waals surface area contributed by atoms with Crippen molar-refractivity contribution in [2.24, 2.45) is 0 Å². The third-order valence-electron chi connectivity index (χ3n) is 3.71. The smallest absolute Gasteiger partial charge is 0.238 e. The van der Waals surface area contributed by atoms with E-state index in [1.54, 1.807) is 0 Å². The molecule has 5 heteroatoms. The summed E-state index contributed by atoms with van der Waals surface area (Å²) in [6, 6.07) is 8.43. The average Bonchev–Trinajstić information content (AvgIpc) is 2.92. The molecule has 1 aromatic carbocycles. The highest BCUT2D eigenvalue weighted by Gasteiger charge is 2.23. The molecule has 0 radical (unpaired) electrons. The second-order valence-electron chi connectivity index (χ2n) is 5.53. The molecule has 0 aromatic heterocycles. The van der Waals surface area contributed by atoms with E-state index in [0.29, 0.717) is 12.6 Å². The number of carbonyl (C=O) groups is 1. The van der Waals surface area contributed by atoms with E-state index >= 15 is 0 Å². The van der Waals surface area contributed by atoms with Gasteiger partial charge in [-0.3, -0.25) is 9.69 Å². The standard InChI is InChI=1S/C16H25N3O.ClH/c1-3-9-19(15-7-8-17-11-15)12-16(20)18-14-6-4-5-13(2)10-14;/h4-6,10,15,17H,3,7-9,11-12H2,1-2H3,(H,18,20);1H. The van der Waals surface area contributed by atoms with E-state index in [4.69, 9.17) is 0 Å². The van der Waals surface area contributed by atoms with Crippen LogP contribution < -0.4 is 10.6 Å². The van der Waals surface area contributed by atoms with Crippen LogP contribution in [0, 0.1) is 6.92 Å². The van der Waals surface area contributed by atoms with Gasteiger partial charge in [0, 0.05) is 18.3 Å². The molecule has 1 unspecified atom stereocenters. The lowest BCUT2D eigenvalue weighted by Crippen LogP contribution is -2.42. The summed E-state index contributed by atoms with van der Waals surface area (Å²) in [5.41, 5.74) is 2.05. The van der Waals surface area contributed by atoms with Gasteiger partial charge in [0.1, 0.15) is 0 Å². The molecule has 118 valence electrons. The maximum absolute atomic E-state index is 12.2. The van der Waals surface area contributed by atoms with Gasteiger partial charge in [0.15, 0.2) is 0 Å². The summed E-state index contributed by atoms with van der Waals surface area (Å²) in [5.74, 6) is 0.0796. The molecule has 1 fully saturated rings. The molecule has 0 bridgehead atoms. The summed E-state index contributed by atoms with van der Waals surface area (Å²) >= 11 is 0. The molecule has 0 saturated carbocycles. The van der Waals surface area contributed by atoms with Crippen molar-refractivity contribution in [1.82, 2.24) is 10.2 Å². The Balaban J connectivity index is 0.00000220. The Bertz CT molecular complexity index is 447. The molecule has 4 nitrogen and oxygen atoms in total. The van der Waals surface area contributed by atoms with Crippen molar-refractivity contribution in [2.45, 2.75) is 32.7 Å². The van der Waals surface area contributed by atoms with Gasteiger partial charge >= 0.3 is 0 Å². The predicted molar refractivity (Wildman–Crippen MR) is 90.2 cm³/mol. The number of carbonyl (C=O) groups excluding carboxylic acids is 1. The third-order valence-corrected chi connectivity index (χ3v) is 3.71. The van der Waals surface area contributed by atoms with E-state index in [9.17, 15) is 4.79 Å². The first-order valence-electron chi connectivity index (χ1n) is 7.50. The number of aryl methyl sites for hydroxylation is 1. The lowest BCUT2D eigenvalue weighted by molar-refractivity contribution is -0.117. The quantitative estimate of drug-likeness (QED) is 0.848. The van der Waals surface area contributed by atoms with Crippen molar-refractivity contribution in [3.8, 4) is 0 Å². The van der Waals surface area contributed by atoms with E-state index in [2.05, 4.69) is 22.5 Å². The zero-order chi connectivity index (χ0) is 14.4. The lowest BCUT2D eigenvalue weighted by Gasteiger charge is -2.27. The molecule has 1 aromatic rings. The van der Waals surface area contributed by atoms with Crippen molar-refractivity contribution in [3.63, 3.8) is 0 Å². The first kappa shape index (κ1) is 18.0. The minimum Gasteiger partial charge on any atom is -0.325 e. The normalized spacial score (nSPS) is 17.6. The summed E-state index contributed by atoms with van der Waals surface area (Å²) < 4.78 is 0. The van der Waals surface area contributed by atoms with Crippen LogP contribution in [0.15, 0.2) is 24.3 Å². The molecule has 21 heavy (non-hydrogen) atoms. The van der Waals surface area contributed by atoms with E-state index in [0.717, 1.165) is 43.7 Å². The van der Waals surface area contributed by atoms with Gasteiger partial charge in [0.2, 0.25) is 5.91 Å². The van der Waals surface area contributed by atoms with E-state index in [-0.39, 0.29) is 18.3 Å². The van der Waals surface area contributed by atoms with Crippen LogP contribution in [-0.2, 0) is 4.79 Å². The number of benzene rings is 1. The summed E-state index contributed by atoms with van der Waals surface area (Å²) in [5, 5.41) is 6.36. The number of hydrogen-bond donors (Lipinski definition) is 2. The van der Waals surface area contributed by atoms with E-state index in [1.165, 1.54) is 0 Å². The molecule has 1 aliphatic rings. The van der Waals surface area contributed by atoms with Crippen LogP contribution in [0.25, 0.3) is 0 Å². The molecule has 1 aliphatic heterocycles. The van der Waals surface area contributed by atoms with Crippen LogP contribution in [0.2, 0.25) is 0 Å². The van der Waals surface area contributed by atoms with Crippen LogP contribution in [0.5, 0.6) is 0 Å². The summed E-state index contributed by atoms with van der Waals surface area (Å²) in [6.45, 7) is 7.71. The zero-order valence-electron chi connectivity index (χ0n) is 12.9. The molecule has 1 saturated heterocycles. The maximum atomic E-state index is 12.2. The van der Waals surface area contributed by atoms with Gasteiger partial charge in [-0.2, -0.15) is 0 Å². The van der Waals surface area contributed by atoms with Gasteiger partial charge in [-0.1, -0.05) is 19.1 Å². The Morgan fingerprint density at radius 1 is 1.48 bits per heavy atom. The van der Waals surface area contributed by atoms with Gasteiger partial charge in [-0.25, -0.2) is 0 Å². The van der Waals surface area contributed by atoms with Gasteiger partial charge in [0.05, 0.1) is 6.54 Å². The summed E-state index contributed by atoms with van der Waals surface area (Å²) in [6.07, 6.45) is 2.21. The van der Waals surface area contributed by atoms with Crippen molar-refractivity contribution >= 4 is 24.0 Å². The van der Waals surface area contributed by atoms with Gasteiger partial charge < -0.3 is 10.6 Å². The predicted octanol–water partition coefficient (Wildman–Crippen LogP) is 2.43. The Morgan fingerprint density at radius 3 is 2.90 bits per heavy atom. The fourth-order valence-electron chi connectivity index (χ4n) is 2.74. The molecule has 2 rings (SSSR count). The number of anilines is 1. The number of nitrogens with zero attached hydrogens (tertiary/aromatic N) is 1. The van der Waals surface area contributed by atoms with Crippen molar-refractivity contribution in [3.05, 3.63) is 29.8 Å². The van der Waals surface area contributed by atoms with E-state index in [1.807, 2.05) is 31.2 Å². The third kappa shape index (κ3) is 5.65. The second-order valence-corrected chi connectivity index (χ2v) is 5.53. The summed E-state index contributed by atoms with van der Waals surface area (Å²) in [7, 11) is 0. The van der Waals surface area contributed by atoms with Crippen LogP contribution in [0.3, 0.4) is 0 Å². The van der Waals surface area contributed by atoms with Gasteiger partial charge in [-0.05, 0) is 50.6 Å².